The Morgan fingerprint density at radius 1 is 0.297 bits per heavy atom. The van der Waals surface area contributed by atoms with E-state index in [1.165, 1.54) is 86.9 Å². The second kappa shape index (κ2) is 14.4. The van der Waals surface area contributed by atoms with E-state index < -0.39 is 10.8 Å². The lowest BCUT2D eigenvalue weighted by atomic mass is 9.67. The predicted molar refractivity (Wildman–Crippen MR) is 269 cm³/mol. The summed E-state index contributed by atoms with van der Waals surface area (Å²) in [5.74, 6) is 0. The first-order valence-corrected chi connectivity index (χ1v) is 23.0. The zero-order chi connectivity index (χ0) is 42.2. The Morgan fingerprint density at radius 3 is 1.31 bits per heavy atom. The van der Waals surface area contributed by atoms with Crippen molar-refractivity contribution in [2.24, 2.45) is 0 Å². The molecule has 0 bridgehead atoms. The molecule has 0 saturated heterocycles. The molecule has 0 amide bonds. The summed E-state index contributed by atoms with van der Waals surface area (Å²) in [6.07, 6.45) is 0. The van der Waals surface area contributed by atoms with Crippen LogP contribution in [0.5, 0.6) is 0 Å². The maximum Gasteiger partial charge on any atom is 0.0714 e. The molecule has 10 aromatic carbocycles. The van der Waals surface area contributed by atoms with Gasteiger partial charge in [-0.25, -0.2) is 0 Å². The first-order chi connectivity index (χ1) is 31.8. The Morgan fingerprint density at radius 2 is 0.734 bits per heavy atom. The Labute approximate surface area is 377 Å². The van der Waals surface area contributed by atoms with Crippen LogP contribution in [-0.4, -0.2) is 0 Å². The van der Waals surface area contributed by atoms with Crippen LogP contribution in [0.15, 0.2) is 249 Å². The number of nitrogens with zero attached hydrogens (tertiary/aromatic N) is 1. The first-order valence-electron chi connectivity index (χ1n) is 22.2. The summed E-state index contributed by atoms with van der Waals surface area (Å²) in [6, 6.07) is 92.5. The third-order valence-corrected chi connectivity index (χ3v) is 15.1. The zero-order valence-corrected chi connectivity index (χ0v) is 35.8. The van der Waals surface area contributed by atoms with Gasteiger partial charge in [-0.2, -0.15) is 0 Å². The molecular formula is C62H41NS. The van der Waals surface area contributed by atoms with Gasteiger partial charge in [-0.15, -0.1) is 11.3 Å². The molecular weight excluding hydrogens is 791 g/mol. The summed E-state index contributed by atoms with van der Waals surface area (Å²) < 4.78 is 2.56. The number of benzene rings is 10. The van der Waals surface area contributed by atoms with Crippen LogP contribution in [0.2, 0.25) is 0 Å². The monoisotopic (exact) mass is 831 g/mol. The van der Waals surface area contributed by atoms with Gasteiger partial charge in [0, 0.05) is 37.1 Å². The molecule has 300 valence electrons. The summed E-state index contributed by atoms with van der Waals surface area (Å²) in [4.78, 5) is 2.48. The molecule has 0 spiro atoms. The second-order valence-electron chi connectivity index (χ2n) is 17.1. The first kappa shape index (κ1) is 36.8. The minimum Gasteiger partial charge on any atom is -0.310 e. The fraction of sp³-hybridized carbons (Fsp3) is 0.0323. The number of thiophene rings is 1. The van der Waals surface area contributed by atoms with Crippen molar-refractivity contribution in [3.05, 3.63) is 293 Å². The van der Waals surface area contributed by atoms with Crippen LogP contribution in [0.3, 0.4) is 0 Å². The van der Waals surface area contributed by atoms with Crippen molar-refractivity contribution in [1.82, 2.24) is 0 Å². The Hall–Kier alpha value is -7.78. The summed E-state index contributed by atoms with van der Waals surface area (Å²) >= 11 is 1.89. The van der Waals surface area contributed by atoms with E-state index in [1.54, 1.807) is 0 Å². The molecule has 1 nitrogen and oxygen atoms in total. The molecule has 2 aliphatic carbocycles. The Balaban J connectivity index is 1.02. The molecule has 0 unspecified atom stereocenters. The molecule has 2 heteroatoms. The van der Waals surface area contributed by atoms with Crippen LogP contribution in [0, 0.1) is 0 Å². The number of rotatable bonds is 7. The fourth-order valence-corrected chi connectivity index (χ4v) is 12.7. The van der Waals surface area contributed by atoms with E-state index in [4.69, 9.17) is 0 Å². The van der Waals surface area contributed by atoms with Gasteiger partial charge in [-0.3, -0.25) is 0 Å². The highest BCUT2D eigenvalue weighted by molar-refractivity contribution is 7.25. The van der Waals surface area contributed by atoms with Crippen molar-refractivity contribution in [1.29, 1.82) is 0 Å². The lowest BCUT2D eigenvalue weighted by molar-refractivity contribution is 0.768. The van der Waals surface area contributed by atoms with E-state index in [2.05, 4.69) is 254 Å². The molecule has 1 aromatic heterocycles. The van der Waals surface area contributed by atoms with E-state index in [-0.39, 0.29) is 0 Å². The molecule has 0 saturated carbocycles. The lowest BCUT2D eigenvalue weighted by Crippen LogP contribution is -2.28. The molecule has 0 radical (unpaired) electrons. The largest absolute Gasteiger partial charge is 0.310 e. The van der Waals surface area contributed by atoms with Crippen molar-refractivity contribution in [3.63, 3.8) is 0 Å². The third kappa shape index (κ3) is 5.12. The summed E-state index contributed by atoms with van der Waals surface area (Å²) in [6.45, 7) is 0. The van der Waals surface area contributed by atoms with Crippen molar-refractivity contribution >= 4 is 48.6 Å². The van der Waals surface area contributed by atoms with E-state index >= 15 is 0 Å². The maximum atomic E-state index is 2.48. The van der Waals surface area contributed by atoms with Gasteiger partial charge in [-0.05, 0) is 97.6 Å². The highest BCUT2D eigenvalue weighted by Gasteiger charge is 2.48. The van der Waals surface area contributed by atoms with Crippen molar-refractivity contribution < 1.29 is 0 Å². The van der Waals surface area contributed by atoms with E-state index in [1.807, 2.05) is 11.3 Å². The highest BCUT2D eigenvalue weighted by Crippen LogP contribution is 2.60. The normalized spacial score (nSPS) is 13.9. The summed E-state index contributed by atoms with van der Waals surface area (Å²) in [5, 5.41) is 2.56. The molecule has 0 aliphatic heterocycles. The smallest absolute Gasteiger partial charge is 0.0714 e. The molecule has 0 atom stereocenters. The molecule has 11 aromatic rings. The highest BCUT2D eigenvalue weighted by atomic mass is 32.1. The van der Waals surface area contributed by atoms with Gasteiger partial charge >= 0.3 is 0 Å². The van der Waals surface area contributed by atoms with Crippen molar-refractivity contribution in [2.75, 3.05) is 4.90 Å². The maximum absolute atomic E-state index is 2.48. The number of anilines is 3. The van der Waals surface area contributed by atoms with Gasteiger partial charge in [0.15, 0.2) is 0 Å². The zero-order valence-electron chi connectivity index (χ0n) is 35.0. The lowest BCUT2D eigenvalue weighted by Gasteiger charge is -2.34. The quantitative estimate of drug-likeness (QED) is 0.155. The van der Waals surface area contributed by atoms with E-state index in [0.29, 0.717) is 0 Å². The van der Waals surface area contributed by atoms with Gasteiger partial charge in [0.2, 0.25) is 0 Å². The van der Waals surface area contributed by atoms with Crippen LogP contribution in [-0.2, 0) is 10.8 Å². The summed E-state index contributed by atoms with van der Waals surface area (Å²) in [5.41, 5.74) is 18.0. The molecule has 2 aliphatic rings. The van der Waals surface area contributed by atoms with Gasteiger partial charge < -0.3 is 4.90 Å². The molecule has 1 heterocycles. The van der Waals surface area contributed by atoms with Crippen LogP contribution < -0.4 is 4.90 Å². The average Bonchev–Trinajstić information content (AvgIpc) is 4.00. The van der Waals surface area contributed by atoms with Gasteiger partial charge in [0.25, 0.3) is 0 Å². The fourth-order valence-electron chi connectivity index (χ4n) is 11.5. The number of hydrogen-bond acceptors (Lipinski definition) is 2. The minimum atomic E-state index is -0.489. The van der Waals surface area contributed by atoms with Gasteiger partial charge in [0.05, 0.1) is 16.5 Å². The minimum absolute atomic E-state index is 0.438. The van der Waals surface area contributed by atoms with Crippen LogP contribution in [0.4, 0.5) is 17.1 Å². The molecule has 0 fully saturated rings. The van der Waals surface area contributed by atoms with E-state index in [9.17, 15) is 0 Å². The van der Waals surface area contributed by atoms with Crippen molar-refractivity contribution in [3.8, 4) is 22.3 Å². The molecule has 64 heavy (non-hydrogen) atoms. The van der Waals surface area contributed by atoms with Crippen LogP contribution in [0.25, 0.3) is 42.4 Å². The average molecular weight is 832 g/mol. The standard InChI is InChI=1S/C62H41NS/c1-5-20-42(21-6-1)61(43-22-7-2-8-23-43)55-33-18-15-30-52(55)60-56(61)34-19-35-57(60)63(46-26-11-4-12-27-46)47-37-39-51-50-38-36-45(40-58(50)64-59(51)41-47)62(44-24-9-3-10-25-44)53-31-16-13-28-48(53)49-29-14-17-32-54(49)62/h1-41H. The Bertz CT molecular complexity index is 3470. The number of hydrogen-bond donors (Lipinski definition) is 0. The van der Waals surface area contributed by atoms with Gasteiger partial charge in [0.1, 0.15) is 0 Å². The Kier molecular flexibility index (Phi) is 8.28. The van der Waals surface area contributed by atoms with Gasteiger partial charge in [-0.1, -0.05) is 212 Å². The van der Waals surface area contributed by atoms with Crippen LogP contribution >= 0.6 is 11.3 Å². The van der Waals surface area contributed by atoms with Crippen molar-refractivity contribution in [2.45, 2.75) is 10.8 Å². The number of fused-ring (bicyclic) bond motifs is 9. The molecule has 0 N–H and O–H groups in total. The molecule has 13 rings (SSSR count). The third-order valence-electron chi connectivity index (χ3n) is 14.0. The number of para-hydroxylation sites is 1. The topological polar surface area (TPSA) is 3.24 Å². The predicted octanol–water partition coefficient (Wildman–Crippen LogP) is 16.3. The van der Waals surface area contributed by atoms with E-state index in [0.717, 1.165) is 17.1 Å². The summed E-state index contributed by atoms with van der Waals surface area (Å²) in [7, 11) is 0. The van der Waals surface area contributed by atoms with Crippen LogP contribution in [0.1, 0.15) is 44.5 Å². The second-order valence-corrected chi connectivity index (χ2v) is 18.2. The SMILES string of the molecule is c1ccc(N(c2ccc3c(c2)sc2cc(C4(c5ccccc5)c5ccccc5-c5ccccc54)ccc23)c2cccc3c2-c2ccccc2C3(c2ccccc2)c2ccccc2)cc1.